The molecule has 1 aliphatic heterocycles. The van der Waals surface area contributed by atoms with Gasteiger partial charge < -0.3 is 10.1 Å². The van der Waals surface area contributed by atoms with Crippen LogP contribution in [0.2, 0.25) is 0 Å². The van der Waals surface area contributed by atoms with Crippen LogP contribution in [0.1, 0.15) is 48.7 Å². The van der Waals surface area contributed by atoms with Crippen LogP contribution >= 0.6 is 11.8 Å². The highest BCUT2D eigenvalue weighted by Crippen LogP contribution is 2.32. The number of carbonyl (C=O) groups excluding carboxylic acids is 1. The number of hydrogen-bond donors (Lipinski definition) is 1. The number of methoxy groups -OCH3 is 1. The molecule has 4 rings (SSSR count). The van der Waals surface area contributed by atoms with Crippen molar-refractivity contribution in [1.29, 1.82) is 0 Å². The number of carbonyl (C=O) groups is 1. The van der Waals surface area contributed by atoms with E-state index in [1.807, 2.05) is 32.0 Å². The zero-order valence-electron chi connectivity index (χ0n) is 20.7. The summed E-state index contributed by atoms with van der Waals surface area (Å²) in [6.45, 7) is 4.86. The second-order valence-electron chi connectivity index (χ2n) is 8.62. The number of amidine groups is 1. The van der Waals surface area contributed by atoms with Gasteiger partial charge in [0, 0.05) is 24.4 Å². The van der Waals surface area contributed by atoms with Crippen LogP contribution < -0.4 is 10.1 Å². The molecule has 0 spiro atoms. The molecule has 1 unspecified atom stereocenters. The Morgan fingerprint density at radius 3 is 2.36 bits per heavy atom. The number of ether oxygens (including phenoxy) is 1. The van der Waals surface area contributed by atoms with E-state index in [9.17, 15) is 13.2 Å². The maximum absolute atomic E-state index is 13.0. The average Bonchev–Trinajstić information content (AvgIpc) is 3.36. The van der Waals surface area contributed by atoms with E-state index in [2.05, 4.69) is 23.5 Å². The van der Waals surface area contributed by atoms with Crippen LogP contribution in [0, 0.1) is 0 Å². The standard InChI is InChI=1S/C27H31N3O4S2/c1-4-14-30(15-5-2)36(32,33)24-12-9-19(10-13-24)26(31)29-27-28-25(18-35-27)22-7-6-21-17-23(34-3)11-8-20(21)16-22/h6-13,16-17,25H,4-5,14-15,18H2,1-3H3,(H,28,29,31). The van der Waals surface area contributed by atoms with Crippen molar-refractivity contribution in [3.05, 3.63) is 71.8 Å². The summed E-state index contributed by atoms with van der Waals surface area (Å²) < 4.78 is 32.7. The van der Waals surface area contributed by atoms with Gasteiger partial charge in [0.2, 0.25) is 10.0 Å². The Morgan fingerprint density at radius 2 is 1.69 bits per heavy atom. The van der Waals surface area contributed by atoms with Gasteiger partial charge in [-0.05, 0) is 71.6 Å². The normalized spacial score (nSPS) is 15.8. The van der Waals surface area contributed by atoms with Gasteiger partial charge in [0.05, 0.1) is 18.0 Å². The average molecular weight is 526 g/mol. The number of sulfonamides is 1. The molecule has 3 aromatic carbocycles. The van der Waals surface area contributed by atoms with Crippen LogP contribution in [0.15, 0.2) is 70.6 Å². The lowest BCUT2D eigenvalue weighted by Gasteiger charge is -2.21. The number of benzene rings is 3. The van der Waals surface area contributed by atoms with E-state index in [1.165, 1.54) is 28.2 Å². The van der Waals surface area contributed by atoms with E-state index in [4.69, 9.17) is 9.73 Å². The zero-order valence-corrected chi connectivity index (χ0v) is 22.4. The van der Waals surface area contributed by atoms with Gasteiger partial charge >= 0.3 is 0 Å². The van der Waals surface area contributed by atoms with Gasteiger partial charge in [0.1, 0.15) is 5.75 Å². The largest absolute Gasteiger partial charge is 0.497 e. The van der Waals surface area contributed by atoms with E-state index in [1.54, 1.807) is 19.2 Å². The molecule has 36 heavy (non-hydrogen) atoms. The summed E-state index contributed by atoms with van der Waals surface area (Å²) in [4.78, 5) is 17.7. The molecule has 0 fully saturated rings. The number of rotatable bonds is 9. The Kier molecular flexibility index (Phi) is 8.33. The van der Waals surface area contributed by atoms with Crippen LogP contribution in [0.4, 0.5) is 0 Å². The first-order valence-corrected chi connectivity index (χ1v) is 14.5. The summed E-state index contributed by atoms with van der Waals surface area (Å²) >= 11 is 1.50. The highest BCUT2D eigenvalue weighted by Gasteiger charge is 2.25. The molecule has 1 amide bonds. The monoisotopic (exact) mass is 525 g/mol. The van der Waals surface area contributed by atoms with Gasteiger partial charge in [-0.15, -0.1) is 0 Å². The van der Waals surface area contributed by atoms with Crippen molar-refractivity contribution in [1.82, 2.24) is 9.62 Å². The predicted octanol–water partition coefficient (Wildman–Crippen LogP) is 5.23. The Morgan fingerprint density at radius 1 is 1.03 bits per heavy atom. The molecular weight excluding hydrogens is 494 g/mol. The van der Waals surface area contributed by atoms with Crippen molar-refractivity contribution < 1.29 is 17.9 Å². The molecule has 3 aromatic rings. The molecule has 7 nitrogen and oxygen atoms in total. The summed E-state index contributed by atoms with van der Waals surface area (Å²) in [6, 6.07) is 18.2. The quantitative estimate of drug-likeness (QED) is 0.413. The summed E-state index contributed by atoms with van der Waals surface area (Å²) in [5.74, 6) is 1.24. The van der Waals surface area contributed by atoms with E-state index < -0.39 is 10.0 Å². The summed E-state index contributed by atoms with van der Waals surface area (Å²) in [5.41, 5.74) is 1.47. The van der Waals surface area contributed by atoms with Gasteiger partial charge in [-0.2, -0.15) is 4.31 Å². The SMILES string of the molecule is CCCN(CCC)S(=O)(=O)c1ccc(C(=O)NC2=NC(c3ccc4cc(OC)ccc4c3)CS2)cc1. The first-order chi connectivity index (χ1) is 17.3. The van der Waals surface area contributed by atoms with Crippen molar-refractivity contribution in [3.63, 3.8) is 0 Å². The molecular formula is C27H31N3O4S2. The third-order valence-electron chi connectivity index (χ3n) is 6.03. The van der Waals surface area contributed by atoms with Gasteiger partial charge in [0.25, 0.3) is 5.91 Å². The van der Waals surface area contributed by atoms with Crippen LogP contribution in [-0.2, 0) is 10.0 Å². The molecule has 190 valence electrons. The lowest BCUT2D eigenvalue weighted by Crippen LogP contribution is -2.32. The minimum atomic E-state index is -3.58. The number of nitrogens with one attached hydrogen (secondary N) is 1. The molecule has 0 aromatic heterocycles. The highest BCUT2D eigenvalue weighted by atomic mass is 32.2. The highest BCUT2D eigenvalue weighted by molar-refractivity contribution is 8.14. The smallest absolute Gasteiger partial charge is 0.257 e. The number of nitrogens with zero attached hydrogens (tertiary/aromatic N) is 2. The Labute approximate surface area is 217 Å². The van der Waals surface area contributed by atoms with Crippen LogP contribution in [-0.4, -0.2) is 49.8 Å². The molecule has 1 heterocycles. The summed E-state index contributed by atoms with van der Waals surface area (Å²) in [7, 11) is -1.93. The summed E-state index contributed by atoms with van der Waals surface area (Å²) in [5, 5.41) is 5.64. The fraction of sp³-hybridized carbons (Fsp3) is 0.333. The van der Waals surface area contributed by atoms with Crippen molar-refractivity contribution >= 4 is 43.6 Å². The Hall–Kier alpha value is -2.88. The van der Waals surface area contributed by atoms with Crippen molar-refractivity contribution in [3.8, 4) is 5.75 Å². The first kappa shape index (κ1) is 26.2. The first-order valence-electron chi connectivity index (χ1n) is 12.1. The maximum Gasteiger partial charge on any atom is 0.257 e. The molecule has 0 bridgehead atoms. The molecule has 0 radical (unpaired) electrons. The van der Waals surface area contributed by atoms with E-state index in [0.717, 1.165) is 40.7 Å². The van der Waals surface area contributed by atoms with E-state index in [0.29, 0.717) is 23.8 Å². The molecule has 0 saturated carbocycles. The number of hydrogen-bond acceptors (Lipinski definition) is 6. The lowest BCUT2D eigenvalue weighted by atomic mass is 10.0. The second kappa shape index (κ2) is 11.5. The Bertz CT molecular complexity index is 1370. The molecule has 0 aliphatic carbocycles. The van der Waals surface area contributed by atoms with Crippen LogP contribution in [0.25, 0.3) is 10.8 Å². The minimum Gasteiger partial charge on any atom is -0.497 e. The van der Waals surface area contributed by atoms with Crippen LogP contribution in [0.3, 0.4) is 0 Å². The predicted molar refractivity (Wildman–Crippen MR) is 146 cm³/mol. The van der Waals surface area contributed by atoms with Gasteiger partial charge in [-0.1, -0.05) is 43.8 Å². The lowest BCUT2D eigenvalue weighted by molar-refractivity contribution is 0.0978. The molecule has 1 N–H and O–H groups in total. The summed E-state index contributed by atoms with van der Waals surface area (Å²) in [6.07, 6.45) is 1.49. The van der Waals surface area contributed by atoms with Crippen molar-refractivity contribution in [2.75, 3.05) is 26.0 Å². The van der Waals surface area contributed by atoms with Crippen molar-refractivity contribution in [2.24, 2.45) is 4.99 Å². The van der Waals surface area contributed by atoms with Crippen LogP contribution in [0.5, 0.6) is 5.75 Å². The third kappa shape index (κ3) is 5.74. The molecule has 9 heteroatoms. The fourth-order valence-electron chi connectivity index (χ4n) is 4.14. The maximum atomic E-state index is 13.0. The topological polar surface area (TPSA) is 88.1 Å². The molecule has 0 saturated heterocycles. The molecule has 1 atom stereocenters. The van der Waals surface area contributed by atoms with E-state index in [-0.39, 0.29) is 16.8 Å². The van der Waals surface area contributed by atoms with Gasteiger partial charge in [-0.3, -0.25) is 9.79 Å². The van der Waals surface area contributed by atoms with Crippen molar-refractivity contribution in [2.45, 2.75) is 37.6 Å². The fourth-order valence-corrected chi connectivity index (χ4v) is 6.71. The second-order valence-corrected chi connectivity index (χ2v) is 11.6. The Balaban J connectivity index is 1.44. The van der Waals surface area contributed by atoms with E-state index >= 15 is 0 Å². The third-order valence-corrected chi connectivity index (χ3v) is 8.90. The minimum absolute atomic E-state index is 0.0487. The number of amides is 1. The zero-order chi connectivity index (χ0) is 25.7. The number of fused-ring (bicyclic) bond motifs is 1. The molecule has 1 aliphatic rings. The number of aliphatic imine (C=N–C) groups is 1. The van der Waals surface area contributed by atoms with Gasteiger partial charge in [0.15, 0.2) is 5.17 Å². The number of thioether (sulfide) groups is 1. The van der Waals surface area contributed by atoms with Gasteiger partial charge in [-0.25, -0.2) is 8.42 Å².